The topological polar surface area (TPSA) is 86.6 Å². The van der Waals surface area contributed by atoms with Gasteiger partial charge in [-0.1, -0.05) is 61.3 Å². The highest BCUT2D eigenvalue weighted by atomic mass is 35.5. The summed E-state index contributed by atoms with van der Waals surface area (Å²) in [5.74, 6) is -2.30. The van der Waals surface area contributed by atoms with Crippen molar-refractivity contribution in [2.24, 2.45) is 11.8 Å². The van der Waals surface area contributed by atoms with Crippen molar-refractivity contribution in [2.75, 3.05) is 0 Å². The van der Waals surface area contributed by atoms with Gasteiger partial charge in [-0.3, -0.25) is 14.9 Å². The standard InChI is InChI=1S/C23H23Cl2NO4/c1-12(2)18-10-22(18,20(27)28)26-23(21(29)30)11-19(23)17-6-4-3-5-16(17)13-7-14(24)9-15(25)8-13/h3-9,12,18-19,26H,10-11H2,1-2H3,(H,27,28)(H,29,30)/t18?,19-,22?,23?/m0/s1. The highest BCUT2D eigenvalue weighted by Crippen LogP contribution is 2.59. The van der Waals surface area contributed by atoms with Crippen LogP contribution in [0.2, 0.25) is 10.0 Å². The van der Waals surface area contributed by atoms with Crippen molar-refractivity contribution in [1.82, 2.24) is 5.32 Å². The molecule has 0 amide bonds. The number of hydrogen-bond acceptors (Lipinski definition) is 3. The van der Waals surface area contributed by atoms with E-state index in [4.69, 9.17) is 23.2 Å². The Morgan fingerprint density at radius 1 is 1.00 bits per heavy atom. The van der Waals surface area contributed by atoms with E-state index in [-0.39, 0.29) is 17.8 Å². The molecule has 5 nitrogen and oxygen atoms in total. The third-order valence-corrected chi connectivity index (χ3v) is 6.94. The van der Waals surface area contributed by atoms with E-state index in [0.29, 0.717) is 22.9 Å². The summed E-state index contributed by atoms with van der Waals surface area (Å²) < 4.78 is 0. The van der Waals surface area contributed by atoms with Gasteiger partial charge in [0.2, 0.25) is 0 Å². The molecule has 0 heterocycles. The van der Waals surface area contributed by atoms with E-state index in [1.807, 2.05) is 38.1 Å². The Bertz CT molecular complexity index is 1020. The fourth-order valence-electron chi connectivity index (χ4n) is 4.77. The van der Waals surface area contributed by atoms with Crippen LogP contribution in [-0.4, -0.2) is 33.2 Å². The summed E-state index contributed by atoms with van der Waals surface area (Å²) in [6.45, 7) is 3.93. The van der Waals surface area contributed by atoms with Gasteiger partial charge in [0.25, 0.3) is 0 Å². The number of carboxylic acids is 2. The van der Waals surface area contributed by atoms with Crippen molar-refractivity contribution < 1.29 is 19.8 Å². The van der Waals surface area contributed by atoms with Gasteiger partial charge in [0, 0.05) is 16.0 Å². The minimum Gasteiger partial charge on any atom is -0.480 e. The summed E-state index contributed by atoms with van der Waals surface area (Å²) in [6.07, 6.45) is 0.765. The Hall–Kier alpha value is -2.08. The lowest BCUT2D eigenvalue weighted by atomic mass is 9.94. The molecule has 30 heavy (non-hydrogen) atoms. The molecule has 2 aromatic carbocycles. The molecule has 2 aliphatic carbocycles. The van der Waals surface area contributed by atoms with Gasteiger partial charge in [0.15, 0.2) is 0 Å². The second kappa shape index (κ2) is 7.26. The molecule has 2 aromatic rings. The largest absolute Gasteiger partial charge is 0.480 e. The fourth-order valence-corrected chi connectivity index (χ4v) is 5.30. The van der Waals surface area contributed by atoms with E-state index in [2.05, 4.69) is 5.32 Å². The van der Waals surface area contributed by atoms with E-state index < -0.39 is 23.0 Å². The van der Waals surface area contributed by atoms with Crippen LogP contribution in [-0.2, 0) is 9.59 Å². The average Bonchev–Trinajstić information content (AvgIpc) is 3.56. The van der Waals surface area contributed by atoms with Crippen LogP contribution in [0.5, 0.6) is 0 Å². The lowest BCUT2D eigenvalue weighted by Crippen LogP contribution is -2.53. The smallest absolute Gasteiger partial charge is 0.324 e. The van der Waals surface area contributed by atoms with E-state index in [1.54, 1.807) is 18.2 Å². The van der Waals surface area contributed by atoms with Gasteiger partial charge in [-0.05, 0) is 59.6 Å². The molecule has 0 spiro atoms. The zero-order chi connectivity index (χ0) is 21.8. The minimum absolute atomic E-state index is 0.0885. The number of aliphatic carboxylic acids is 2. The molecule has 2 saturated carbocycles. The first-order chi connectivity index (χ1) is 14.1. The van der Waals surface area contributed by atoms with E-state index in [1.165, 1.54) is 0 Å². The summed E-state index contributed by atoms with van der Waals surface area (Å²) in [5, 5.41) is 24.0. The highest BCUT2D eigenvalue weighted by molar-refractivity contribution is 6.35. The van der Waals surface area contributed by atoms with Crippen LogP contribution in [0.1, 0.15) is 38.2 Å². The van der Waals surface area contributed by atoms with Gasteiger partial charge < -0.3 is 10.2 Å². The minimum atomic E-state index is -1.31. The second-order valence-corrected chi connectivity index (χ2v) is 9.61. The molecule has 3 unspecified atom stereocenters. The molecular weight excluding hydrogens is 425 g/mol. The maximum Gasteiger partial charge on any atom is 0.324 e. The third kappa shape index (κ3) is 3.39. The first-order valence-electron chi connectivity index (χ1n) is 9.92. The second-order valence-electron chi connectivity index (χ2n) is 8.73. The van der Waals surface area contributed by atoms with Gasteiger partial charge in [-0.2, -0.15) is 0 Å². The van der Waals surface area contributed by atoms with Gasteiger partial charge in [-0.25, -0.2) is 0 Å². The molecule has 0 aromatic heterocycles. The quantitative estimate of drug-likeness (QED) is 0.551. The van der Waals surface area contributed by atoms with Crippen LogP contribution in [0.25, 0.3) is 11.1 Å². The van der Waals surface area contributed by atoms with Crippen LogP contribution < -0.4 is 5.32 Å². The van der Waals surface area contributed by atoms with Crippen LogP contribution in [0.15, 0.2) is 42.5 Å². The number of carboxylic acid groups (broad SMARTS) is 2. The molecule has 158 valence electrons. The molecule has 0 aliphatic heterocycles. The van der Waals surface area contributed by atoms with Crippen LogP contribution in [0, 0.1) is 11.8 Å². The predicted octanol–water partition coefficient (Wildman–Crippen LogP) is 5.06. The number of halogens is 2. The van der Waals surface area contributed by atoms with Crippen LogP contribution in [0.4, 0.5) is 0 Å². The van der Waals surface area contributed by atoms with E-state index in [0.717, 1.165) is 16.7 Å². The lowest BCUT2D eigenvalue weighted by molar-refractivity contribution is -0.145. The maximum absolute atomic E-state index is 12.3. The zero-order valence-electron chi connectivity index (χ0n) is 16.7. The molecule has 0 bridgehead atoms. The van der Waals surface area contributed by atoms with Crippen molar-refractivity contribution in [2.45, 2.75) is 43.7 Å². The summed E-state index contributed by atoms with van der Waals surface area (Å²) >= 11 is 12.3. The molecule has 2 aliphatic rings. The van der Waals surface area contributed by atoms with Crippen LogP contribution >= 0.6 is 23.2 Å². The molecule has 2 fully saturated rings. The number of rotatable bonds is 7. The molecule has 3 N–H and O–H groups in total. The van der Waals surface area contributed by atoms with Crippen molar-refractivity contribution in [3.63, 3.8) is 0 Å². The van der Waals surface area contributed by atoms with Gasteiger partial charge >= 0.3 is 11.9 Å². The van der Waals surface area contributed by atoms with E-state index >= 15 is 0 Å². The molecular formula is C23H23Cl2NO4. The molecule has 0 radical (unpaired) electrons. The highest BCUT2D eigenvalue weighted by Gasteiger charge is 2.71. The van der Waals surface area contributed by atoms with Crippen molar-refractivity contribution in [3.8, 4) is 11.1 Å². The van der Waals surface area contributed by atoms with Crippen molar-refractivity contribution >= 4 is 35.1 Å². The van der Waals surface area contributed by atoms with Crippen LogP contribution in [0.3, 0.4) is 0 Å². The van der Waals surface area contributed by atoms with Crippen molar-refractivity contribution in [3.05, 3.63) is 58.1 Å². The van der Waals surface area contributed by atoms with Crippen molar-refractivity contribution in [1.29, 1.82) is 0 Å². The Kier molecular flexibility index (Phi) is 5.12. The Morgan fingerprint density at radius 2 is 1.60 bits per heavy atom. The zero-order valence-corrected chi connectivity index (χ0v) is 18.2. The number of carbonyl (C=O) groups is 2. The first-order valence-corrected chi connectivity index (χ1v) is 10.7. The molecule has 0 saturated heterocycles. The summed E-state index contributed by atoms with van der Waals surface area (Å²) in [7, 11) is 0. The SMILES string of the molecule is CC(C)C1CC1(NC1(C(=O)O)C[C@H]1c1ccccc1-c1cc(Cl)cc(Cl)c1)C(=O)O. The summed E-state index contributed by atoms with van der Waals surface area (Å²) in [6, 6.07) is 12.8. The van der Waals surface area contributed by atoms with E-state index in [9.17, 15) is 19.8 Å². The average molecular weight is 448 g/mol. The molecule has 4 rings (SSSR count). The third-order valence-electron chi connectivity index (χ3n) is 6.50. The van der Waals surface area contributed by atoms with Gasteiger partial charge in [0.05, 0.1) is 0 Å². The maximum atomic E-state index is 12.3. The summed E-state index contributed by atoms with van der Waals surface area (Å²) in [4.78, 5) is 24.4. The summed E-state index contributed by atoms with van der Waals surface area (Å²) in [5.41, 5.74) is -0.00465. The predicted molar refractivity (Wildman–Crippen MR) is 116 cm³/mol. The monoisotopic (exact) mass is 447 g/mol. The molecule has 7 heteroatoms. The number of benzene rings is 2. The molecule has 4 atom stereocenters. The normalized spacial score (nSPS) is 29.6. The Morgan fingerprint density at radius 3 is 2.13 bits per heavy atom. The Labute approximate surface area is 185 Å². The lowest BCUT2D eigenvalue weighted by Gasteiger charge is -2.23. The van der Waals surface area contributed by atoms with Gasteiger partial charge in [-0.15, -0.1) is 0 Å². The number of hydrogen-bond donors (Lipinski definition) is 3. The fraction of sp³-hybridized carbons (Fsp3) is 0.391. The Balaban J connectivity index is 1.71. The number of nitrogens with one attached hydrogen (secondary N) is 1. The van der Waals surface area contributed by atoms with Gasteiger partial charge in [0.1, 0.15) is 11.1 Å². The first kappa shape index (κ1) is 21.2.